The van der Waals surface area contributed by atoms with Crippen LogP contribution in [0, 0.1) is 6.92 Å². The molecular formula is C21H20N2O4S. The number of methoxy groups -OCH3 is 1. The lowest BCUT2D eigenvalue weighted by molar-refractivity contribution is -0.115. The summed E-state index contributed by atoms with van der Waals surface area (Å²) in [6, 6.07) is 18.4. The molecule has 1 amide bonds. The third-order valence-corrected chi connectivity index (χ3v) is 5.33. The summed E-state index contributed by atoms with van der Waals surface area (Å²) in [5, 5.41) is 6.21. The van der Waals surface area contributed by atoms with Gasteiger partial charge in [0, 0.05) is 11.8 Å². The average Bonchev–Trinajstić information content (AvgIpc) is 3.13. The SMILES string of the molecule is COC(=O)c1ccc(CS[C@@H](C(=O)Nc2cc(C)on2)c2ccccc2)cc1. The fraction of sp³-hybridized carbons (Fsp3) is 0.190. The Kier molecular flexibility index (Phi) is 6.49. The molecule has 3 rings (SSSR count). The number of hydrogen-bond donors (Lipinski definition) is 1. The van der Waals surface area contributed by atoms with Crippen molar-refractivity contribution in [2.75, 3.05) is 12.4 Å². The number of ether oxygens (including phenoxy) is 1. The van der Waals surface area contributed by atoms with E-state index in [4.69, 9.17) is 9.26 Å². The fourth-order valence-electron chi connectivity index (χ4n) is 2.60. The second-order valence-corrected chi connectivity index (χ2v) is 7.20. The van der Waals surface area contributed by atoms with Crippen LogP contribution in [-0.4, -0.2) is 24.1 Å². The second-order valence-electron chi connectivity index (χ2n) is 6.10. The molecular weight excluding hydrogens is 376 g/mol. The highest BCUT2D eigenvalue weighted by Gasteiger charge is 2.22. The summed E-state index contributed by atoms with van der Waals surface area (Å²) in [7, 11) is 1.35. The topological polar surface area (TPSA) is 81.4 Å². The largest absolute Gasteiger partial charge is 0.465 e. The van der Waals surface area contributed by atoms with Crippen molar-refractivity contribution in [2.24, 2.45) is 0 Å². The van der Waals surface area contributed by atoms with Gasteiger partial charge in [-0.1, -0.05) is 47.6 Å². The minimum Gasteiger partial charge on any atom is -0.465 e. The van der Waals surface area contributed by atoms with Gasteiger partial charge in [-0.3, -0.25) is 4.79 Å². The van der Waals surface area contributed by atoms with E-state index in [0.717, 1.165) is 11.1 Å². The van der Waals surface area contributed by atoms with Gasteiger partial charge in [-0.05, 0) is 30.2 Å². The van der Waals surface area contributed by atoms with E-state index in [9.17, 15) is 9.59 Å². The molecule has 6 nitrogen and oxygen atoms in total. The van der Waals surface area contributed by atoms with Crippen LogP contribution in [0.4, 0.5) is 5.82 Å². The lowest BCUT2D eigenvalue weighted by Crippen LogP contribution is -2.19. The van der Waals surface area contributed by atoms with Gasteiger partial charge in [0.2, 0.25) is 5.91 Å². The molecule has 1 atom stereocenters. The van der Waals surface area contributed by atoms with Gasteiger partial charge < -0.3 is 14.6 Å². The maximum Gasteiger partial charge on any atom is 0.337 e. The van der Waals surface area contributed by atoms with E-state index in [-0.39, 0.29) is 11.9 Å². The Labute approximate surface area is 167 Å². The number of nitrogens with zero attached hydrogens (tertiary/aromatic N) is 1. The number of amides is 1. The summed E-state index contributed by atoms with van der Waals surface area (Å²) in [5.41, 5.74) is 2.40. The summed E-state index contributed by atoms with van der Waals surface area (Å²) >= 11 is 1.50. The van der Waals surface area contributed by atoms with E-state index in [2.05, 4.69) is 10.5 Å². The second kappa shape index (κ2) is 9.23. The normalized spacial score (nSPS) is 11.6. The van der Waals surface area contributed by atoms with E-state index >= 15 is 0 Å². The first kappa shape index (κ1) is 19.7. The Morgan fingerprint density at radius 3 is 2.46 bits per heavy atom. The molecule has 0 aliphatic heterocycles. The highest BCUT2D eigenvalue weighted by molar-refractivity contribution is 7.99. The smallest absolute Gasteiger partial charge is 0.337 e. The van der Waals surface area contributed by atoms with Crippen LogP contribution in [0.25, 0.3) is 0 Å². The van der Waals surface area contributed by atoms with Crippen molar-refractivity contribution < 1.29 is 18.8 Å². The van der Waals surface area contributed by atoms with Crippen LogP contribution in [-0.2, 0) is 15.3 Å². The monoisotopic (exact) mass is 396 g/mol. The minimum absolute atomic E-state index is 0.171. The van der Waals surface area contributed by atoms with Crippen molar-refractivity contribution in [3.63, 3.8) is 0 Å². The molecule has 0 bridgehead atoms. The number of anilines is 1. The molecule has 0 saturated carbocycles. The van der Waals surface area contributed by atoms with Gasteiger partial charge in [0.25, 0.3) is 0 Å². The van der Waals surface area contributed by atoms with Crippen molar-refractivity contribution in [3.05, 3.63) is 83.1 Å². The summed E-state index contributed by atoms with van der Waals surface area (Å²) in [5.74, 6) is 1.09. The number of carbonyl (C=O) groups is 2. The van der Waals surface area contributed by atoms with E-state index in [0.29, 0.717) is 22.9 Å². The Morgan fingerprint density at radius 1 is 1.14 bits per heavy atom. The maximum absolute atomic E-state index is 12.9. The van der Waals surface area contributed by atoms with Crippen LogP contribution in [0.1, 0.15) is 32.5 Å². The highest BCUT2D eigenvalue weighted by atomic mass is 32.2. The third-order valence-electron chi connectivity index (χ3n) is 4.01. The van der Waals surface area contributed by atoms with Crippen LogP contribution in [0.15, 0.2) is 65.2 Å². The Morgan fingerprint density at radius 2 is 1.86 bits per heavy atom. The summed E-state index contributed by atoms with van der Waals surface area (Å²) in [4.78, 5) is 24.4. The zero-order valence-corrected chi connectivity index (χ0v) is 16.4. The third kappa shape index (κ3) is 5.01. The van der Waals surface area contributed by atoms with Gasteiger partial charge in [0.1, 0.15) is 11.0 Å². The molecule has 1 N–H and O–H groups in total. The molecule has 2 aromatic carbocycles. The zero-order chi connectivity index (χ0) is 19.9. The predicted molar refractivity (Wildman–Crippen MR) is 108 cm³/mol. The molecule has 0 unspecified atom stereocenters. The Hall–Kier alpha value is -3.06. The first-order valence-electron chi connectivity index (χ1n) is 8.65. The fourth-order valence-corrected chi connectivity index (χ4v) is 3.71. The number of hydrogen-bond acceptors (Lipinski definition) is 6. The van der Waals surface area contributed by atoms with E-state index < -0.39 is 5.25 Å². The van der Waals surface area contributed by atoms with Gasteiger partial charge in [0.15, 0.2) is 5.82 Å². The number of nitrogens with one attached hydrogen (secondary N) is 1. The van der Waals surface area contributed by atoms with Gasteiger partial charge in [0.05, 0.1) is 12.7 Å². The molecule has 144 valence electrons. The van der Waals surface area contributed by atoms with E-state index in [1.807, 2.05) is 42.5 Å². The summed E-state index contributed by atoms with van der Waals surface area (Å²) in [6.07, 6.45) is 0. The van der Waals surface area contributed by atoms with Crippen molar-refractivity contribution in [3.8, 4) is 0 Å². The highest BCUT2D eigenvalue weighted by Crippen LogP contribution is 2.33. The zero-order valence-electron chi connectivity index (χ0n) is 15.5. The minimum atomic E-state index is -0.418. The van der Waals surface area contributed by atoms with Crippen LogP contribution in [0.5, 0.6) is 0 Å². The van der Waals surface area contributed by atoms with Gasteiger partial charge >= 0.3 is 5.97 Å². The van der Waals surface area contributed by atoms with Crippen molar-refractivity contribution in [2.45, 2.75) is 17.9 Å². The summed E-state index contributed by atoms with van der Waals surface area (Å²) in [6.45, 7) is 1.77. The molecule has 0 aliphatic carbocycles. The molecule has 28 heavy (non-hydrogen) atoms. The average molecular weight is 396 g/mol. The summed E-state index contributed by atoms with van der Waals surface area (Å²) < 4.78 is 9.72. The standard InChI is InChI=1S/C21H20N2O4S/c1-14-12-18(23-27-14)22-20(24)19(16-6-4-3-5-7-16)28-13-15-8-10-17(11-9-15)21(25)26-2/h3-12,19H,13H2,1-2H3,(H,22,23,24)/t19-/m1/s1. The van der Waals surface area contributed by atoms with Gasteiger partial charge in [-0.25, -0.2) is 4.79 Å². The van der Waals surface area contributed by atoms with Crippen LogP contribution in [0.3, 0.4) is 0 Å². The van der Waals surface area contributed by atoms with Crippen LogP contribution in [0.2, 0.25) is 0 Å². The number of benzene rings is 2. The Bertz CT molecular complexity index is 939. The number of carbonyl (C=O) groups excluding carboxylic acids is 2. The van der Waals surface area contributed by atoms with Crippen molar-refractivity contribution in [1.29, 1.82) is 0 Å². The first-order valence-corrected chi connectivity index (χ1v) is 9.69. The molecule has 1 aromatic heterocycles. The van der Waals surface area contributed by atoms with Crippen molar-refractivity contribution >= 4 is 29.5 Å². The lowest BCUT2D eigenvalue weighted by atomic mass is 10.1. The number of esters is 1. The molecule has 7 heteroatoms. The van der Waals surface area contributed by atoms with Crippen LogP contribution >= 0.6 is 11.8 Å². The number of aromatic nitrogens is 1. The van der Waals surface area contributed by atoms with E-state index in [1.165, 1.54) is 18.9 Å². The molecule has 0 saturated heterocycles. The number of rotatable bonds is 7. The number of aryl methyl sites for hydroxylation is 1. The van der Waals surface area contributed by atoms with Gasteiger partial charge in [-0.2, -0.15) is 0 Å². The molecule has 0 aliphatic rings. The first-order chi connectivity index (χ1) is 13.6. The number of thioether (sulfide) groups is 1. The van der Waals surface area contributed by atoms with Gasteiger partial charge in [-0.15, -0.1) is 11.8 Å². The maximum atomic E-state index is 12.9. The predicted octanol–water partition coefficient (Wildman–Crippen LogP) is 4.38. The van der Waals surface area contributed by atoms with Crippen LogP contribution < -0.4 is 5.32 Å². The molecule has 0 fully saturated rings. The lowest BCUT2D eigenvalue weighted by Gasteiger charge is -2.16. The Balaban J connectivity index is 1.72. The quantitative estimate of drug-likeness (QED) is 0.597. The van der Waals surface area contributed by atoms with Crippen molar-refractivity contribution in [1.82, 2.24) is 5.16 Å². The molecule has 1 heterocycles. The molecule has 0 radical (unpaired) electrons. The van der Waals surface area contributed by atoms with E-state index in [1.54, 1.807) is 25.1 Å². The molecule has 0 spiro atoms. The molecule has 3 aromatic rings.